The SMILES string of the molecule is Cc1cn([C@H]2CC(O)[C@@H](C)C2)c(=O)nc1NC(=O)c1ccccc1. The van der Waals surface area contributed by atoms with Crippen molar-refractivity contribution in [3.05, 3.63) is 58.1 Å². The minimum atomic E-state index is -0.407. The Morgan fingerprint density at radius 3 is 2.62 bits per heavy atom. The number of carbonyl (C=O) groups is 1. The number of anilines is 1. The van der Waals surface area contributed by atoms with Gasteiger partial charge in [-0.3, -0.25) is 9.36 Å². The number of amides is 1. The van der Waals surface area contributed by atoms with E-state index in [9.17, 15) is 14.7 Å². The van der Waals surface area contributed by atoms with Gasteiger partial charge in [0.2, 0.25) is 0 Å². The number of aliphatic hydroxyl groups is 1. The molecule has 6 nitrogen and oxygen atoms in total. The Labute approximate surface area is 140 Å². The van der Waals surface area contributed by atoms with E-state index in [0.717, 1.165) is 6.42 Å². The number of nitrogens with zero attached hydrogens (tertiary/aromatic N) is 2. The van der Waals surface area contributed by atoms with Crippen molar-refractivity contribution in [1.82, 2.24) is 9.55 Å². The third-order valence-corrected chi connectivity index (χ3v) is 4.61. The lowest BCUT2D eigenvalue weighted by Crippen LogP contribution is -2.28. The van der Waals surface area contributed by atoms with Gasteiger partial charge in [0.05, 0.1) is 6.10 Å². The van der Waals surface area contributed by atoms with Crippen LogP contribution in [0.2, 0.25) is 0 Å². The first-order valence-corrected chi connectivity index (χ1v) is 8.10. The van der Waals surface area contributed by atoms with E-state index in [0.29, 0.717) is 17.5 Å². The van der Waals surface area contributed by atoms with E-state index in [1.807, 2.05) is 13.0 Å². The summed E-state index contributed by atoms with van der Waals surface area (Å²) in [5.74, 6) is 0.143. The Kier molecular flexibility index (Phi) is 4.49. The molecule has 126 valence electrons. The number of carbonyl (C=O) groups excluding carboxylic acids is 1. The molecule has 0 radical (unpaired) electrons. The first kappa shape index (κ1) is 16.4. The quantitative estimate of drug-likeness (QED) is 0.904. The summed E-state index contributed by atoms with van der Waals surface area (Å²) in [5, 5.41) is 12.6. The summed E-state index contributed by atoms with van der Waals surface area (Å²) in [6, 6.07) is 8.74. The smallest absolute Gasteiger partial charge is 0.349 e. The third-order valence-electron chi connectivity index (χ3n) is 4.61. The number of rotatable bonds is 3. The van der Waals surface area contributed by atoms with Crippen LogP contribution in [0.25, 0.3) is 0 Å². The summed E-state index contributed by atoms with van der Waals surface area (Å²) in [7, 11) is 0. The third kappa shape index (κ3) is 3.23. The van der Waals surface area contributed by atoms with Gasteiger partial charge in [-0.15, -0.1) is 0 Å². The van der Waals surface area contributed by atoms with Gasteiger partial charge in [0.1, 0.15) is 5.82 Å². The molecular weight excluding hydrogens is 306 g/mol. The first-order chi connectivity index (χ1) is 11.5. The first-order valence-electron chi connectivity index (χ1n) is 8.10. The van der Waals surface area contributed by atoms with Crippen LogP contribution in [0.5, 0.6) is 0 Å². The molecule has 0 aliphatic heterocycles. The number of nitrogens with one attached hydrogen (secondary N) is 1. The van der Waals surface area contributed by atoms with Crippen LogP contribution in [0.3, 0.4) is 0 Å². The van der Waals surface area contributed by atoms with Crippen molar-refractivity contribution < 1.29 is 9.90 Å². The van der Waals surface area contributed by atoms with Gasteiger partial charge >= 0.3 is 5.69 Å². The van der Waals surface area contributed by atoms with Crippen LogP contribution in [-0.4, -0.2) is 26.7 Å². The molecule has 1 aliphatic rings. The molecule has 1 saturated carbocycles. The highest BCUT2D eigenvalue weighted by atomic mass is 16.3. The predicted octanol–water partition coefficient (Wildman–Crippen LogP) is 2.14. The summed E-state index contributed by atoms with van der Waals surface area (Å²) in [4.78, 5) is 28.6. The maximum atomic E-state index is 12.3. The van der Waals surface area contributed by atoms with E-state index in [1.165, 1.54) is 0 Å². The number of hydrogen-bond donors (Lipinski definition) is 2. The van der Waals surface area contributed by atoms with Gasteiger partial charge in [-0.05, 0) is 37.8 Å². The van der Waals surface area contributed by atoms with Crippen LogP contribution in [-0.2, 0) is 0 Å². The Bertz CT molecular complexity index is 791. The van der Waals surface area contributed by atoms with Crippen LogP contribution in [0.4, 0.5) is 5.82 Å². The molecule has 3 rings (SSSR count). The minimum absolute atomic E-state index is 0.0485. The molecule has 1 unspecified atom stereocenters. The molecule has 1 heterocycles. The van der Waals surface area contributed by atoms with Crippen molar-refractivity contribution in [2.75, 3.05) is 5.32 Å². The molecule has 1 aromatic carbocycles. The van der Waals surface area contributed by atoms with Crippen molar-refractivity contribution >= 4 is 11.7 Å². The average Bonchev–Trinajstić information content (AvgIpc) is 2.90. The van der Waals surface area contributed by atoms with Crippen LogP contribution in [0, 0.1) is 12.8 Å². The van der Waals surface area contributed by atoms with Crippen molar-refractivity contribution in [3.8, 4) is 0 Å². The van der Waals surface area contributed by atoms with Gasteiger partial charge < -0.3 is 10.4 Å². The number of aryl methyl sites for hydroxylation is 1. The van der Waals surface area contributed by atoms with E-state index >= 15 is 0 Å². The summed E-state index contributed by atoms with van der Waals surface area (Å²) >= 11 is 0. The fourth-order valence-corrected chi connectivity index (χ4v) is 3.14. The monoisotopic (exact) mass is 327 g/mol. The Morgan fingerprint density at radius 1 is 1.29 bits per heavy atom. The number of hydrogen-bond acceptors (Lipinski definition) is 4. The fraction of sp³-hybridized carbons (Fsp3) is 0.389. The summed E-state index contributed by atoms with van der Waals surface area (Å²) in [6.45, 7) is 3.78. The van der Waals surface area contributed by atoms with Gasteiger partial charge in [-0.1, -0.05) is 25.1 Å². The fourth-order valence-electron chi connectivity index (χ4n) is 3.14. The normalized spacial score (nSPS) is 23.2. The molecule has 0 saturated heterocycles. The van der Waals surface area contributed by atoms with Crippen molar-refractivity contribution in [2.45, 2.75) is 38.8 Å². The van der Waals surface area contributed by atoms with Gasteiger partial charge in [0, 0.05) is 23.4 Å². The molecule has 6 heteroatoms. The minimum Gasteiger partial charge on any atom is -0.393 e. The molecule has 1 amide bonds. The lowest BCUT2D eigenvalue weighted by atomic mass is 10.1. The average molecular weight is 327 g/mol. The molecule has 0 spiro atoms. The van der Waals surface area contributed by atoms with Gasteiger partial charge in [0.25, 0.3) is 5.91 Å². The number of benzene rings is 1. The Hall–Kier alpha value is -2.47. The lowest BCUT2D eigenvalue weighted by molar-refractivity contribution is 0.102. The van der Waals surface area contributed by atoms with Crippen LogP contribution in [0.15, 0.2) is 41.3 Å². The van der Waals surface area contributed by atoms with Crippen LogP contribution < -0.4 is 11.0 Å². The van der Waals surface area contributed by atoms with Crippen LogP contribution in [0.1, 0.15) is 41.7 Å². The molecule has 3 atom stereocenters. The van der Waals surface area contributed by atoms with E-state index in [2.05, 4.69) is 10.3 Å². The predicted molar refractivity (Wildman–Crippen MR) is 91.1 cm³/mol. The zero-order chi connectivity index (χ0) is 17.3. The number of aliphatic hydroxyl groups excluding tert-OH is 1. The molecular formula is C18H21N3O3. The molecule has 1 aliphatic carbocycles. The Morgan fingerprint density at radius 2 is 2.00 bits per heavy atom. The molecule has 0 bridgehead atoms. The topological polar surface area (TPSA) is 84.2 Å². The zero-order valence-electron chi connectivity index (χ0n) is 13.8. The number of aromatic nitrogens is 2. The zero-order valence-corrected chi connectivity index (χ0v) is 13.8. The molecule has 1 fully saturated rings. The summed E-state index contributed by atoms with van der Waals surface area (Å²) in [6.07, 6.45) is 2.63. The standard InChI is InChI=1S/C18H21N3O3/c1-11-8-14(9-15(11)22)21-10-12(2)16(20-18(21)24)19-17(23)13-6-4-3-5-7-13/h3-7,10-11,14-15,22H,8-9H2,1-2H3,(H,19,20,23,24)/t11-,14+,15?/m0/s1. The highest BCUT2D eigenvalue weighted by Gasteiger charge is 2.31. The van der Waals surface area contributed by atoms with Gasteiger partial charge in [0.15, 0.2) is 0 Å². The van der Waals surface area contributed by atoms with Gasteiger partial charge in [-0.25, -0.2) is 4.79 Å². The van der Waals surface area contributed by atoms with Crippen molar-refractivity contribution in [1.29, 1.82) is 0 Å². The molecule has 2 aromatic rings. The van der Waals surface area contributed by atoms with Crippen molar-refractivity contribution in [2.24, 2.45) is 5.92 Å². The summed E-state index contributed by atoms with van der Waals surface area (Å²) < 4.78 is 1.57. The van der Waals surface area contributed by atoms with Gasteiger partial charge in [-0.2, -0.15) is 4.98 Å². The second-order valence-electron chi connectivity index (χ2n) is 6.45. The van der Waals surface area contributed by atoms with Crippen molar-refractivity contribution in [3.63, 3.8) is 0 Å². The highest BCUT2D eigenvalue weighted by Crippen LogP contribution is 2.33. The second kappa shape index (κ2) is 6.57. The highest BCUT2D eigenvalue weighted by molar-refractivity contribution is 6.03. The second-order valence-corrected chi connectivity index (χ2v) is 6.45. The van der Waals surface area contributed by atoms with Crippen LogP contribution >= 0.6 is 0 Å². The van der Waals surface area contributed by atoms with E-state index in [-0.39, 0.29) is 29.8 Å². The molecule has 2 N–H and O–H groups in total. The largest absolute Gasteiger partial charge is 0.393 e. The maximum Gasteiger partial charge on any atom is 0.349 e. The molecule has 1 aromatic heterocycles. The van der Waals surface area contributed by atoms with E-state index < -0.39 is 5.69 Å². The maximum absolute atomic E-state index is 12.3. The summed E-state index contributed by atoms with van der Waals surface area (Å²) in [5.41, 5.74) is 0.818. The Balaban J connectivity index is 1.83. The van der Waals surface area contributed by atoms with E-state index in [1.54, 1.807) is 42.0 Å². The molecule has 24 heavy (non-hydrogen) atoms. The van der Waals surface area contributed by atoms with E-state index in [4.69, 9.17) is 0 Å². The lowest BCUT2D eigenvalue weighted by Gasteiger charge is -2.15.